The number of primary sulfonamides is 1. The summed E-state index contributed by atoms with van der Waals surface area (Å²) in [6.07, 6.45) is 0. The van der Waals surface area contributed by atoms with Crippen LogP contribution in [0.1, 0.15) is 19.4 Å². The molecule has 0 saturated heterocycles. The van der Waals surface area contributed by atoms with Crippen LogP contribution in [0.25, 0.3) is 0 Å². The van der Waals surface area contributed by atoms with Crippen LogP contribution in [-0.2, 0) is 16.6 Å². The van der Waals surface area contributed by atoms with Gasteiger partial charge in [0.15, 0.2) is 5.96 Å². The maximum absolute atomic E-state index is 11.1. The lowest BCUT2D eigenvalue weighted by atomic mass is 10.2. The fourth-order valence-corrected chi connectivity index (χ4v) is 2.12. The molecule has 0 radical (unpaired) electrons. The first-order chi connectivity index (χ1) is 8.88. The maximum Gasteiger partial charge on any atom is 0.238 e. The van der Waals surface area contributed by atoms with Gasteiger partial charge in [0.25, 0.3) is 0 Å². The van der Waals surface area contributed by atoms with Crippen molar-refractivity contribution in [1.29, 1.82) is 0 Å². The van der Waals surface area contributed by atoms with Gasteiger partial charge >= 0.3 is 0 Å². The number of hydrogen-bond donors (Lipinski definition) is 2. The average Bonchev–Trinajstić information content (AvgIpc) is 2.37. The molecule has 0 bridgehead atoms. The van der Waals surface area contributed by atoms with E-state index in [2.05, 4.69) is 4.99 Å². The highest BCUT2D eigenvalue weighted by Crippen LogP contribution is 2.09. The molecule has 0 fully saturated rings. The summed E-state index contributed by atoms with van der Waals surface area (Å²) in [5.41, 5.74) is 6.72. The molecule has 0 aliphatic carbocycles. The van der Waals surface area contributed by atoms with Crippen LogP contribution in [0.4, 0.5) is 0 Å². The van der Waals surface area contributed by atoms with Crippen molar-refractivity contribution in [1.82, 2.24) is 4.90 Å². The van der Waals surface area contributed by atoms with Crippen molar-refractivity contribution in [3.05, 3.63) is 29.8 Å². The monoisotopic (exact) mass is 284 g/mol. The molecule has 0 aromatic heterocycles. The molecule has 7 heteroatoms. The minimum Gasteiger partial charge on any atom is -0.370 e. The largest absolute Gasteiger partial charge is 0.370 e. The standard InChI is InChI=1S/C12H20N4O2S/c1-3-16(4-2)12(13)15-9-10-5-7-11(8-6-10)19(14,17)18/h5-8H,3-4,9H2,1-2H3,(H2,13,15)(H2,14,17,18). The zero-order chi connectivity index (χ0) is 14.5. The molecule has 1 aromatic rings. The van der Waals surface area contributed by atoms with Crippen molar-refractivity contribution >= 4 is 16.0 Å². The van der Waals surface area contributed by atoms with Gasteiger partial charge in [-0.25, -0.2) is 18.5 Å². The number of rotatable bonds is 5. The first-order valence-corrected chi connectivity index (χ1v) is 7.59. The number of benzene rings is 1. The molecule has 0 heterocycles. The second kappa shape index (κ2) is 6.53. The minimum absolute atomic E-state index is 0.0944. The molecule has 1 aromatic carbocycles. The molecule has 0 aliphatic heterocycles. The molecule has 4 N–H and O–H groups in total. The van der Waals surface area contributed by atoms with Crippen molar-refractivity contribution in [3.8, 4) is 0 Å². The molecule has 6 nitrogen and oxygen atoms in total. The number of guanidine groups is 1. The second-order valence-electron chi connectivity index (χ2n) is 4.04. The van der Waals surface area contributed by atoms with Crippen LogP contribution in [0.15, 0.2) is 34.2 Å². The van der Waals surface area contributed by atoms with Crippen molar-refractivity contribution in [2.45, 2.75) is 25.3 Å². The van der Waals surface area contributed by atoms with E-state index in [-0.39, 0.29) is 4.90 Å². The third-order valence-electron chi connectivity index (χ3n) is 2.76. The molecule has 0 saturated carbocycles. The summed E-state index contributed by atoms with van der Waals surface area (Å²) in [6, 6.07) is 6.29. The highest BCUT2D eigenvalue weighted by Gasteiger charge is 2.06. The summed E-state index contributed by atoms with van der Waals surface area (Å²) in [5, 5.41) is 5.02. The third-order valence-corrected chi connectivity index (χ3v) is 3.69. The van der Waals surface area contributed by atoms with Gasteiger partial charge in [0.2, 0.25) is 10.0 Å². The Labute approximate surface area is 114 Å². The van der Waals surface area contributed by atoms with Gasteiger partial charge in [-0.05, 0) is 31.5 Å². The molecule has 19 heavy (non-hydrogen) atoms. The van der Waals surface area contributed by atoms with Gasteiger partial charge in [-0.2, -0.15) is 0 Å². The van der Waals surface area contributed by atoms with Crippen LogP contribution in [0.3, 0.4) is 0 Å². The van der Waals surface area contributed by atoms with Gasteiger partial charge in [0, 0.05) is 13.1 Å². The van der Waals surface area contributed by atoms with Crippen molar-refractivity contribution < 1.29 is 8.42 Å². The van der Waals surface area contributed by atoms with Gasteiger partial charge in [-0.1, -0.05) is 12.1 Å². The molecule has 0 unspecified atom stereocenters. The minimum atomic E-state index is -3.64. The highest BCUT2D eigenvalue weighted by atomic mass is 32.2. The third kappa shape index (κ3) is 4.53. The fourth-order valence-electron chi connectivity index (χ4n) is 1.60. The van der Waals surface area contributed by atoms with E-state index >= 15 is 0 Å². The van der Waals surface area contributed by atoms with Gasteiger partial charge in [-0.15, -0.1) is 0 Å². The Morgan fingerprint density at radius 2 is 1.74 bits per heavy atom. The number of hydrogen-bond acceptors (Lipinski definition) is 3. The summed E-state index contributed by atoms with van der Waals surface area (Å²) < 4.78 is 22.2. The Balaban J connectivity index is 2.77. The van der Waals surface area contributed by atoms with Crippen LogP contribution in [0, 0.1) is 0 Å². The molecule has 0 amide bonds. The lowest BCUT2D eigenvalue weighted by Crippen LogP contribution is -2.37. The van der Waals surface area contributed by atoms with Gasteiger partial charge in [0.05, 0.1) is 11.4 Å². The lowest BCUT2D eigenvalue weighted by Gasteiger charge is -2.19. The molecule has 0 aliphatic rings. The molecule has 0 atom stereocenters. The molecule has 106 valence electrons. The summed E-state index contributed by atoms with van der Waals surface area (Å²) in [5.74, 6) is 0.487. The zero-order valence-corrected chi connectivity index (χ0v) is 12.0. The van der Waals surface area contributed by atoms with E-state index in [1.807, 2.05) is 18.7 Å². The van der Waals surface area contributed by atoms with Gasteiger partial charge in [0.1, 0.15) is 0 Å². The zero-order valence-electron chi connectivity index (χ0n) is 11.2. The van der Waals surface area contributed by atoms with Gasteiger partial charge in [-0.3, -0.25) is 0 Å². The van der Waals surface area contributed by atoms with E-state index in [9.17, 15) is 8.42 Å². The first kappa shape index (κ1) is 15.5. The molecular formula is C12H20N4O2S. The van der Waals surface area contributed by atoms with E-state index in [1.54, 1.807) is 12.1 Å². The number of sulfonamides is 1. The number of nitrogens with zero attached hydrogens (tertiary/aromatic N) is 2. The van der Waals surface area contributed by atoms with Crippen LogP contribution in [-0.4, -0.2) is 32.4 Å². The quantitative estimate of drug-likeness (QED) is 0.607. The Bertz CT molecular complexity index is 533. The van der Waals surface area contributed by atoms with Crippen LogP contribution >= 0.6 is 0 Å². The Morgan fingerprint density at radius 3 is 2.16 bits per heavy atom. The predicted molar refractivity (Wildman–Crippen MR) is 76.1 cm³/mol. The van der Waals surface area contributed by atoms with Crippen molar-refractivity contribution in [3.63, 3.8) is 0 Å². The summed E-state index contributed by atoms with van der Waals surface area (Å²) in [7, 11) is -3.64. The fraction of sp³-hybridized carbons (Fsp3) is 0.417. The normalized spacial score (nSPS) is 12.5. The van der Waals surface area contributed by atoms with E-state index in [0.717, 1.165) is 18.7 Å². The first-order valence-electron chi connectivity index (χ1n) is 6.05. The smallest absolute Gasteiger partial charge is 0.238 e. The molecule has 1 rings (SSSR count). The SMILES string of the molecule is CCN(CC)C(N)=NCc1ccc(S(N)(=O)=O)cc1. The predicted octanol–water partition coefficient (Wildman–Crippen LogP) is 0.491. The van der Waals surface area contributed by atoms with E-state index in [0.29, 0.717) is 12.5 Å². The van der Waals surface area contributed by atoms with E-state index < -0.39 is 10.0 Å². The second-order valence-corrected chi connectivity index (χ2v) is 5.60. The van der Waals surface area contributed by atoms with Gasteiger partial charge < -0.3 is 10.6 Å². The average molecular weight is 284 g/mol. The van der Waals surface area contributed by atoms with Crippen molar-refractivity contribution in [2.75, 3.05) is 13.1 Å². The molecular weight excluding hydrogens is 264 g/mol. The van der Waals surface area contributed by atoms with Crippen LogP contribution < -0.4 is 10.9 Å². The lowest BCUT2D eigenvalue weighted by molar-refractivity contribution is 0.458. The molecule has 0 spiro atoms. The Kier molecular flexibility index (Phi) is 5.31. The van der Waals surface area contributed by atoms with Crippen LogP contribution in [0.2, 0.25) is 0 Å². The maximum atomic E-state index is 11.1. The van der Waals surface area contributed by atoms with E-state index in [1.165, 1.54) is 12.1 Å². The summed E-state index contributed by atoms with van der Waals surface area (Å²) in [6.45, 7) is 6.03. The topological polar surface area (TPSA) is 102 Å². The van der Waals surface area contributed by atoms with E-state index in [4.69, 9.17) is 10.9 Å². The summed E-state index contributed by atoms with van der Waals surface area (Å²) in [4.78, 5) is 6.31. The number of aliphatic imine (C=N–C) groups is 1. The Morgan fingerprint density at radius 1 is 1.21 bits per heavy atom. The number of nitrogens with two attached hydrogens (primary N) is 2. The van der Waals surface area contributed by atoms with Crippen LogP contribution in [0.5, 0.6) is 0 Å². The highest BCUT2D eigenvalue weighted by molar-refractivity contribution is 7.89. The van der Waals surface area contributed by atoms with Crippen molar-refractivity contribution in [2.24, 2.45) is 15.9 Å². The Hall–Kier alpha value is -1.60. The summed E-state index contributed by atoms with van der Waals surface area (Å²) >= 11 is 0.